The van der Waals surface area contributed by atoms with Gasteiger partial charge >= 0.3 is 0 Å². The van der Waals surface area contributed by atoms with Crippen molar-refractivity contribution < 1.29 is 9.59 Å². The lowest BCUT2D eigenvalue weighted by atomic mass is 9.87. The third kappa shape index (κ3) is 4.60. The monoisotopic (exact) mass is 403 g/mol. The van der Waals surface area contributed by atoms with Crippen molar-refractivity contribution in [3.8, 4) is 0 Å². The van der Waals surface area contributed by atoms with Crippen LogP contribution < -0.4 is 5.32 Å². The van der Waals surface area contributed by atoms with Crippen LogP contribution in [0.2, 0.25) is 0 Å². The summed E-state index contributed by atoms with van der Waals surface area (Å²) in [4.78, 5) is 31.9. The number of carbonyl (C=O) groups excluding carboxylic acids is 2. The molecule has 2 saturated heterocycles. The lowest BCUT2D eigenvalue weighted by Gasteiger charge is -2.29. The number of aryl methyl sites for hydroxylation is 1. The Morgan fingerprint density at radius 3 is 2.64 bits per heavy atom. The van der Waals surface area contributed by atoms with E-state index in [1.807, 2.05) is 4.90 Å². The predicted molar refractivity (Wildman–Crippen MR) is 113 cm³/mol. The van der Waals surface area contributed by atoms with Crippen LogP contribution in [0.25, 0.3) is 0 Å². The summed E-state index contributed by atoms with van der Waals surface area (Å²) < 4.78 is 0. The Morgan fingerprint density at radius 1 is 1.14 bits per heavy atom. The largest absolute Gasteiger partial charge is 0.356 e. The zero-order valence-electron chi connectivity index (χ0n) is 17.0. The molecule has 2 fully saturated rings. The number of thiophene rings is 1. The molecule has 0 radical (unpaired) electrons. The Bertz CT molecular complexity index is 703. The minimum atomic E-state index is 0.0642. The Balaban J connectivity index is 1.26. The van der Waals surface area contributed by atoms with Gasteiger partial charge in [-0.2, -0.15) is 0 Å². The van der Waals surface area contributed by atoms with Crippen LogP contribution in [0.5, 0.6) is 0 Å². The summed E-state index contributed by atoms with van der Waals surface area (Å²) in [5.74, 6) is 1.22. The first-order chi connectivity index (χ1) is 13.6. The van der Waals surface area contributed by atoms with Crippen LogP contribution in [0.1, 0.15) is 58.6 Å². The van der Waals surface area contributed by atoms with Crippen LogP contribution in [0.3, 0.4) is 0 Å². The summed E-state index contributed by atoms with van der Waals surface area (Å²) in [5, 5.41) is 3.19. The average molecular weight is 404 g/mol. The summed E-state index contributed by atoms with van der Waals surface area (Å²) in [5.41, 5.74) is 1.23. The highest BCUT2D eigenvalue weighted by Gasteiger charge is 2.29. The minimum absolute atomic E-state index is 0.0642. The van der Waals surface area contributed by atoms with E-state index in [1.165, 1.54) is 36.4 Å². The molecule has 3 heterocycles. The van der Waals surface area contributed by atoms with E-state index in [1.54, 1.807) is 11.3 Å². The van der Waals surface area contributed by atoms with E-state index in [0.717, 1.165) is 69.0 Å². The molecule has 5 nitrogen and oxygen atoms in total. The van der Waals surface area contributed by atoms with Crippen molar-refractivity contribution in [3.63, 3.8) is 0 Å². The molecule has 3 aliphatic rings. The van der Waals surface area contributed by atoms with Crippen LogP contribution in [-0.2, 0) is 17.6 Å². The average Bonchev–Trinajstić information content (AvgIpc) is 3.38. The number of hydrogen-bond acceptors (Lipinski definition) is 4. The summed E-state index contributed by atoms with van der Waals surface area (Å²) in [6.07, 6.45) is 8.48. The van der Waals surface area contributed by atoms with E-state index in [9.17, 15) is 9.59 Å². The van der Waals surface area contributed by atoms with Gasteiger partial charge in [-0.1, -0.05) is 0 Å². The van der Waals surface area contributed by atoms with Gasteiger partial charge in [-0.05, 0) is 89.1 Å². The molecule has 2 amide bonds. The summed E-state index contributed by atoms with van der Waals surface area (Å²) in [7, 11) is 2.18. The molecule has 1 N–H and O–H groups in total. The van der Waals surface area contributed by atoms with Gasteiger partial charge in [0.05, 0.1) is 4.88 Å². The molecule has 1 aromatic heterocycles. The Kier molecular flexibility index (Phi) is 6.36. The molecule has 0 spiro atoms. The molecular weight excluding hydrogens is 370 g/mol. The molecule has 6 heteroatoms. The smallest absolute Gasteiger partial charge is 0.263 e. The van der Waals surface area contributed by atoms with Crippen molar-refractivity contribution in [2.75, 3.05) is 39.8 Å². The van der Waals surface area contributed by atoms with E-state index in [-0.39, 0.29) is 17.7 Å². The lowest BCUT2D eigenvalue weighted by Crippen LogP contribution is -2.36. The van der Waals surface area contributed by atoms with Crippen molar-refractivity contribution in [3.05, 3.63) is 21.4 Å². The fraction of sp³-hybridized carbons (Fsp3) is 0.727. The van der Waals surface area contributed by atoms with Crippen molar-refractivity contribution in [1.82, 2.24) is 15.1 Å². The highest BCUT2D eigenvalue weighted by molar-refractivity contribution is 7.14. The van der Waals surface area contributed by atoms with E-state index in [4.69, 9.17) is 0 Å². The quantitative estimate of drug-likeness (QED) is 0.822. The van der Waals surface area contributed by atoms with Gasteiger partial charge in [0.25, 0.3) is 5.91 Å². The van der Waals surface area contributed by atoms with Crippen molar-refractivity contribution in [2.24, 2.45) is 11.8 Å². The topological polar surface area (TPSA) is 52.7 Å². The number of piperidine rings is 1. The normalized spacial score (nSPS) is 23.6. The lowest BCUT2D eigenvalue weighted by molar-refractivity contribution is -0.125. The van der Waals surface area contributed by atoms with Crippen LogP contribution >= 0.6 is 11.3 Å². The van der Waals surface area contributed by atoms with Gasteiger partial charge in [0.1, 0.15) is 0 Å². The van der Waals surface area contributed by atoms with E-state index in [2.05, 4.69) is 23.3 Å². The molecule has 2 aliphatic heterocycles. The predicted octanol–water partition coefficient (Wildman–Crippen LogP) is 2.94. The second kappa shape index (κ2) is 8.95. The second-order valence-corrected chi connectivity index (χ2v) is 9.96. The van der Waals surface area contributed by atoms with Gasteiger partial charge in [-0.3, -0.25) is 9.59 Å². The number of nitrogens with one attached hydrogen (secondary N) is 1. The van der Waals surface area contributed by atoms with E-state index >= 15 is 0 Å². The highest BCUT2D eigenvalue weighted by Crippen LogP contribution is 2.33. The van der Waals surface area contributed by atoms with Gasteiger partial charge in [-0.15, -0.1) is 11.3 Å². The van der Waals surface area contributed by atoms with Gasteiger partial charge in [0.2, 0.25) is 5.91 Å². The number of hydrogen-bond donors (Lipinski definition) is 1. The molecule has 1 aromatic rings. The third-order valence-corrected chi connectivity index (χ3v) is 7.97. The minimum Gasteiger partial charge on any atom is -0.356 e. The van der Waals surface area contributed by atoms with Crippen LogP contribution in [0.4, 0.5) is 0 Å². The van der Waals surface area contributed by atoms with E-state index in [0.29, 0.717) is 0 Å². The van der Waals surface area contributed by atoms with Gasteiger partial charge in [0, 0.05) is 30.4 Å². The molecule has 0 saturated carbocycles. The Morgan fingerprint density at radius 2 is 1.89 bits per heavy atom. The molecule has 0 unspecified atom stereocenters. The molecule has 154 valence electrons. The second-order valence-electron chi connectivity index (χ2n) is 8.82. The number of nitrogens with zero attached hydrogens (tertiary/aromatic N) is 2. The first-order valence-electron chi connectivity index (χ1n) is 11.0. The molecule has 4 rings (SSSR count). The van der Waals surface area contributed by atoms with Gasteiger partial charge in [-0.25, -0.2) is 0 Å². The zero-order valence-corrected chi connectivity index (χ0v) is 17.9. The fourth-order valence-corrected chi connectivity index (χ4v) is 6.00. The molecular formula is C22H33N3O2S. The zero-order chi connectivity index (χ0) is 19.5. The number of fused-ring (bicyclic) bond motifs is 1. The summed E-state index contributed by atoms with van der Waals surface area (Å²) in [6.45, 7) is 4.95. The van der Waals surface area contributed by atoms with Gasteiger partial charge < -0.3 is 15.1 Å². The number of likely N-dealkylation sites (tertiary alicyclic amines) is 2. The first-order valence-corrected chi connectivity index (χ1v) is 11.8. The van der Waals surface area contributed by atoms with E-state index < -0.39 is 0 Å². The SMILES string of the molecule is CN1CCC(CCNC(=O)[C@@H]2CCc3sc(C(=O)N4CCCC4)cc3C2)CC1. The van der Waals surface area contributed by atoms with Crippen LogP contribution in [0.15, 0.2) is 6.07 Å². The van der Waals surface area contributed by atoms with Gasteiger partial charge in [0.15, 0.2) is 0 Å². The van der Waals surface area contributed by atoms with Crippen LogP contribution in [-0.4, -0.2) is 61.4 Å². The maximum atomic E-state index is 12.7. The Hall–Kier alpha value is -1.40. The Labute approximate surface area is 172 Å². The summed E-state index contributed by atoms with van der Waals surface area (Å²) in [6, 6.07) is 2.07. The molecule has 1 aliphatic carbocycles. The maximum absolute atomic E-state index is 12.7. The highest BCUT2D eigenvalue weighted by atomic mass is 32.1. The number of rotatable bonds is 5. The summed E-state index contributed by atoms with van der Waals surface area (Å²) >= 11 is 1.65. The standard InChI is InChI=1S/C22H33N3O2S/c1-24-12-7-16(8-13-24)6-9-23-21(26)17-4-5-19-18(14-17)15-20(28-19)22(27)25-10-2-3-11-25/h15-17H,2-14H2,1H3,(H,23,26)/t17-/m1/s1. The maximum Gasteiger partial charge on any atom is 0.263 e. The van der Waals surface area contributed by atoms with Crippen molar-refractivity contribution >= 4 is 23.2 Å². The van der Waals surface area contributed by atoms with Crippen molar-refractivity contribution in [1.29, 1.82) is 0 Å². The molecule has 0 aromatic carbocycles. The molecule has 1 atom stereocenters. The third-order valence-electron chi connectivity index (χ3n) is 6.75. The fourth-order valence-electron chi connectivity index (χ4n) is 4.82. The van der Waals surface area contributed by atoms with Crippen molar-refractivity contribution in [2.45, 2.75) is 51.4 Å². The van der Waals surface area contributed by atoms with Crippen LogP contribution in [0, 0.1) is 11.8 Å². The number of carbonyl (C=O) groups is 2. The molecule has 0 bridgehead atoms. The first kappa shape index (κ1) is 19.9. The number of amides is 2. The molecule has 28 heavy (non-hydrogen) atoms.